The summed E-state index contributed by atoms with van der Waals surface area (Å²) in [5.41, 5.74) is 2.09. The van der Waals surface area contributed by atoms with Crippen LogP contribution >= 0.6 is 0 Å². The van der Waals surface area contributed by atoms with Crippen molar-refractivity contribution in [3.63, 3.8) is 0 Å². The fourth-order valence-electron chi connectivity index (χ4n) is 2.78. The van der Waals surface area contributed by atoms with Gasteiger partial charge >= 0.3 is 5.97 Å². The van der Waals surface area contributed by atoms with Gasteiger partial charge in [-0.05, 0) is 53.3 Å². The lowest BCUT2D eigenvalue weighted by Gasteiger charge is -2.18. The summed E-state index contributed by atoms with van der Waals surface area (Å²) in [6.45, 7) is 9.26. The van der Waals surface area contributed by atoms with Crippen LogP contribution in [0.1, 0.15) is 58.1 Å². The first kappa shape index (κ1) is 22.5. The van der Waals surface area contributed by atoms with Crippen molar-refractivity contribution in [1.29, 1.82) is 0 Å². The maximum Gasteiger partial charge on any atom is 0.336 e. The van der Waals surface area contributed by atoms with Gasteiger partial charge in [0.15, 0.2) is 11.5 Å². The topological polar surface area (TPSA) is 44.8 Å². The van der Waals surface area contributed by atoms with Crippen molar-refractivity contribution in [2.75, 3.05) is 13.7 Å². The summed E-state index contributed by atoms with van der Waals surface area (Å²) in [7, 11) is 1.61. The highest BCUT2D eigenvalue weighted by molar-refractivity contribution is 5.88. The highest BCUT2D eigenvalue weighted by atomic mass is 16.5. The van der Waals surface area contributed by atoms with Crippen molar-refractivity contribution in [3.8, 4) is 17.2 Å². The summed E-state index contributed by atoms with van der Waals surface area (Å²) in [6.07, 6.45) is 6.43. The number of hydrogen-bond donors (Lipinski definition) is 0. The molecule has 0 aromatic heterocycles. The monoisotopic (exact) mass is 396 g/mol. The molecule has 0 spiro atoms. The zero-order chi connectivity index (χ0) is 21.3. The highest BCUT2D eigenvalue weighted by Gasteiger charge is 2.13. The molecule has 4 heteroatoms. The van der Waals surface area contributed by atoms with E-state index in [0.717, 1.165) is 24.8 Å². The van der Waals surface area contributed by atoms with Gasteiger partial charge in [0.2, 0.25) is 0 Å². The lowest BCUT2D eigenvalue weighted by Crippen LogP contribution is -2.11. The van der Waals surface area contributed by atoms with Crippen LogP contribution in [0.15, 0.2) is 48.5 Å². The van der Waals surface area contributed by atoms with Crippen LogP contribution in [-0.2, 0) is 10.2 Å². The van der Waals surface area contributed by atoms with Gasteiger partial charge in [0.05, 0.1) is 13.7 Å². The minimum absolute atomic E-state index is 0.0629. The molecular weight excluding hydrogens is 364 g/mol. The highest BCUT2D eigenvalue weighted by Crippen LogP contribution is 2.29. The van der Waals surface area contributed by atoms with E-state index in [4.69, 9.17) is 14.2 Å². The molecular formula is C25H32O4. The van der Waals surface area contributed by atoms with E-state index in [0.29, 0.717) is 23.9 Å². The Morgan fingerprint density at radius 1 is 1.00 bits per heavy atom. The number of esters is 1. The van der Waals surface area contributed by atoms with Crippen molar-refractivity contribution < 1.29 is 19.0 Å². The van der Waals surface area contributed by atoms with Crippen LogP contribution in [0.4, 0.5) is 0 Å². The molecule has 0 fully saturated rings. The number of rotatable bonds is 9. The Morgan fingerprint density at radius 3 is 2.34 bits per heavy atom. The summed E-state index contributed by atoms with van der Waals surface area (Å²) in [4.78, 5) is 12.1. The normalized spacial score (nSPS) is 11.5. The third-order valence-electron chi connectivity index (χ3n) is 4.54. The molecule has 156 valence electrons. The molecule has 0 heterocycles. The van der Waals surface area contributed by atoms with Crippen LogP contribution in [0.2, 0.25) is 0 Å². The first-order valence-electron chi connectivity index (χ1n) is 10.1. The van der Waals surface area contributed by atoms with E-state index < -0.39 is 5.97 Å². The molecule has 4 nitrogen and oxygen atoms in total. The summed E-state index contributed by atoms with van der Waals surface area (Å²) in [6, 6.07) is 13.2. The number of methoxy groups -OCH3 is 1. The third kappa shape index (κ3) is 7.30. The zero-order valence-electron chi connectivity index (χ0n) is 18.2. The molecule has 0 aliphatic carbocycles. The molecule has 0 atom stereocenters. The molecule has 2 aromatic rings. The molecule has 0 bridgehead atoms. The van der Waals surface area contributed by atoms with Crippen molar-refractivity contribution >= 4 is 12.0 Å². The van der Waals surface area contributed by atoms with Crippen molar-refractivity contribution in [3.05, 3.63) is 59.7 Å². The Morgan fingerprint density at radius 2 is 1.72 bits per heavy atom. The minimum atomic E-state index is -0.424. The minimum Gasteiger partial charge on any atom is -0.493 e. The Labute approximate surface area is 174 Å². The Kier molecular flexibility index (Phi) is 8.32. The molecule has 0 N–H and O–H groups in total. The standard InChI is InChI=1S/C25H32O4/c1-6-7-8-17-28-22-15-9-19(18-23(22)27-5)10-16-24(26)29-21-13-11-20(12-14-21)25(2,3)4/h9-16,18H,6-8,17H2,1-5H3/b16-10+. The van der Waals surface area contributed by atoms with Crippen LogP contribution in [0.25, 0.3) is 6.08 Å². The van der Waals surface area contributed by atoms with Gasteiger partial charge in [0, 0.05) is 6.08 Å². The average Bonchev–Trinajstić information content (AvgIpc) is 2.70. The number of hydrogen-bond acceptors (Lipinski definition) is 4. The largest absolute Gasteiger partial charge is 0.493 e. The fourth-order valence-corrected chi connectivity index (χ4v) is 2.78. The smallest absolute Gasteiger partial charge is 0.336 e. The second kappa shape index (κ2) is 10.7. The molecule has 0 unspecified atom stereocenters. The number of carbonyl (C=O) groups is 1. The second-order valence-electron chi connectivity index (χ2n) is 7.99. The summed E-state index contributed by atoms with van der Waals surface area (Å²) >= 11 is 0. The second-order valence-corrected chi connectivity index (χ2v) is 7.99. The predicted molar refractivity (Wildman–Crippen MR) is 118 cm³/mol. The van der Waals surface area contributed by atoms with E-state index in [1.165, 1.54) is 11.6 Å². The van der Waals surface area contributed by atoms with Gasteiger partial charge in [0.1, 0.15) is 5.75 Å². The number of ether oxygens (including phenoxy) is 3. The van der Waals surface area contributed by atoms with Gasteiger partial charge < -0.3 is 14.2 Å². The molecule has 2 rings (SSSR count). The van der Waals surface area contributed by atoms with Gasteiger partial charge in [0.25, 0.3) is 0 Å². The van der Waals surface area contributed by atoms with Gasteiger partial charge in [-0.1, -0.05) is 58.7 Å². The van der Waals surface area contributed by atoms with Gasteiger partial charge in [-0.25, -0.2) is 4.79 Å². The van der Waals surface area contributed by atoms with E-state index >= 15 is 0 Å². The average molecular weight is 397 g/mol. The maximum atomic E-state index is 12.1. The molecule has 0 amide bonds. The van der Waals surface area contributed by atoms with Crippen LogP contribution in [0, 0.1) is 0 Å². The first-order chi connectivity index (χ1) is 13.8. The quantitative estimate of drug-likeness (QED) is 0.220. The predicted octanol–water partition coefficient (Wildman–Crippen LogP) is 6.18. The molecule has 29 heavy (non-hydrogen) atoms. The molecule has 0 saturated carbocycles. The van der Waals surface area contributed by atoms with E-state index in [1.807, 2.05) is 42.5 Å². The van der Waals surface area contributed by atoms with Crippen molar-refractivity contribution in [1.82, 2.24) is 0 Å². The van der Waals surface area contributed by atoms with Crippen LogP contribution in [0.5, 0.6) is 17.2 Å². The summed E-state index contributed by atoms with van der Waals surface area (Å²) < 4.78 is 16.6. The number of benzene rings is 2. The number of unbranched alkanes of at least 4 members (excludes halogenated alkanes) is 2. The third-order valence-corrected chi connectivity index (χ3v) is 4.54. The number of carbonyl (C=O) groups excluding carboxylic acids is 1. The Hall–Kier alpha value is -2.75. The van der Waals surface area contributed by atoms with Crippen LogP contribution < -0.4 is 14.2 Å². The molecule has 0 aliphatic rings. The fraction of sp³-hybridized carbons (Fsp3) is 0.400. The van der Waals surface area contributed by atoms with Crippen LogP contribution in [0.3, 0.4) is 0 Å². The van der Waals surface area contributed by atoms with Gasteiger partial charge in [-0.3, -0.25) is 0 Å². The van der Waals surface area contributed by atoms with Gasteiger partial charge in [-0.2, -0.15) is 0 Å². The van der Waals surface area contributed by atoms with Gasteiger partial charge in [-0.15, -0.1) is 0 Å². The lowest BCUT2D eigenvalue weighted by molar-refractivity contribution is -0.128. The SMILES string of the molecule is CCCCCOc1ccc(/C=C/C(=O)Oc2ccc(C(C)(C)C)cc2)cc1OC. The molecule has 2 aromatic carbocycles. The zero-order valence-corrected chi connectivity index (χ0v) is 18.2. The lowest BCUT2D eigenvalue weighted by atomic mass is 9.87. The van der Waals surface area contributed by atoms with E-state index in [2.05, 4.69) is 27.7 Å². The van der Waals surface area contributed by atoms with E-state index in [-0.39, 0.29) is 5.41 Å². The van der Waals surface area contributed by atoms with Crippen molar-refractivity contribution in [2.24, 2.45) is 0 Å². The molecule has 0 saturated heterocycles. The first-order valence-corrected chi connectivity index (χ1v) is 10.1. The molecule has 0 aliphatic heterocycles. The van der Waals surface area contributed by atoms with Crippen LogP contribution in [-0.4, -0.2) is 19.7 Å². The Bertz CT molecular complexity index is 814. The Balaban J connectivity index is 1.96. The van der Waals surface area contributed by atoms with E-state index in [9.17, 15) is 4.79 Å². The summed E-state index contributed by atoms with van der Waals surface area (Å²) in [5.74, 6) is 1.46. The summed E-state index contributed by atoms with van der Waals surface area (Å²) in [5, 5.41) is 0. The van der Waals surface area contributed by atoms with E-state index in [1.54, 1.807) is 13.2 Å². The maximum absolute atomic E-state index is 12.1. The molecule has 0 radical (unpaired) electrons. The van der Waals surface area contributed by atoms with Crippen molar-refractivity contribution in [2.45, 2.75) is 52.4 Å².